The van der Waals surface area contributed by atoms with Gasteiger partial charge in [0.25, 0.3) is 5.91 Å². The number of hydrogen-bond acceptors (Lipinski definition) is 4. The molecule has 2 heterocycles. The predicted octanol–water partition coefficient (Wildman–Crippen LogP) is 2.26. The van der Waals surface area contributed by atoms with Gasteiger partial charge >= 0.3 is 0 Å². The SMILES string of the molecule is Cc1ncsc1C(=O)NCc1nc2ccccc2[nH]1. The van der Waals surface area contributed by atoms with Crippen molar-refractivity contribution < 1.29 is 4.79 Å². The Morgan fingerprint density at radius 2 is 2.26 bits per heavy atom. The smallest absolute Gasteiger partial charge is 0.263 e. The number of rotatable bonds is 3. The van der Waals surface area contributed by atoms with Crippen LogP contribution in [0.3, 0.4) is 0 Å². The summed E-state index contributed by atoms with van der Waals surface area (Å²) < 4.78 is 0. The van der Waals surface area contributed by atoms with Crippen molar-refractivity contribution >= 4 is 28.3 Å². The highest BCUT2D eigenvalue weighted by molar-refractivity contribution is 7.11. The first-order chi connectivity index (χ1) is 9.24. The van der Waals surface area contributed by atoms with Gasteiger partial charge in [0.1, 0.15) is 10.7 Å². The van der Waals surface area contributed by atoms with Crippen LogP contribution in [-0.4, -0.2) is 20.9 Å². The van der Waals surface area contributed by atoms with E-state index in [1.165, 1.54) is 11.3 Å². The predicted molar refractivity (Wildman–Crippen MR) is 74.1 cm³/mol. The number of para-hydroxylation sites is 2. The zero-order valence-corrected chi connectivity index (χ0v) is 11.1. The first-order valence-corrected chi connectivity index (χ1v) is 6.74. The van der Waals surface area contributed by atoms with E-state index in [1.807, 2.05) is 31.2 Å². The Labute approximate surface area is 113 Å². The molecule has 0 unspecified atom stereocenters. The van der Waals surface area contributed by atoms with Gasteiger partial charge in [0, 0.05) is 0 Å². The van der Waals surface area contributed by atoms with Crippen LogP contribution in [0.4, 0.5) is 0 Å². The lowest BCUT2D eigenvalue weighted by Crippen LogP contribution is -2.23. The van der Waals surface area contributed by atoms with Gasteiger partial charge < -0.3 is 10.3 Å². The quantitative estimate of drug-likeness (QED) is 0.768. The molecule has 6 heteroatoms. The second-order valence-corrected chi connectivity index (χ2v) is 5.00. The molecule has 0 bridgehead atoms. The minimum absolute atomic E-state index is 0.111. The minimum Gasteiger partial charge on any atom is -0.344 e. The number of benzene rings is 1. The summed E-state index contributed by atoms with van der Waals surface area (Å²) in [6.45, 7) is 2.21. The molecule has 2 aromatic heterocycles. The number of imidazole rings is 1. The molecule has 0 aliphatic rings. The number of aromatic nitrogens is 3. The van der Waals surface area contributed by atoms with Gasteiger partial charge in [0.05, 0.1) is 28.8 Å². The number of hydrogen-bond donors (Lipinski definition) is 2. The lowest BCUT2D eigenvalue weighted by atomic mass is 10.3. The number of nitrogens with zero attached hydrogens (tertiary/aromatic N) is 2. The van der Waals surface area contributed by atoms with E-state index >= 15 is 0 Å². The lowest BCUT2D eigenvalue weighted by Gasteiger charge is -2.01. The molecule has 5 nitrogen and oxygen atoms in total. The molecule has 0 aliphatic carbocycles. The minimum atomic E-state index is -0.111. The lowest BCUT2D eigenvalue weighted by molar-refractivity contribution is 0.0953. The molecular formula is C13H12N4OS. The van der Waals surface area contributed by atoms with Crippen LogP contribution in [0.2, 0.25) is 0 Å². The normalized spacial score (nSPS) is 10.8. The molecule has 0 aliphatic heterocycles. The second kappa shape index (κ2) is 4.81. The summed E-state index contributed by atoms with van der Waals surface area (Å²) >= 11 is 1.34. The van der Waals surface area contributed by atoms with Crippen molar-refractivity contribution in [2.75, 3.05) is 0 Å². The number of fused-ring (bicyclic) bond motifs is 1. The third-order valence-corrected chi connectivity index (χ3v) is 3.73. The maximum atomic E-state index is 11.9. The number of nitrogens with one attached hydrogen (secondary N) is 2. The van der Waals surface area contributed by atoms with Gasteiger partial charge in [-0.25, -0.2) is 9.97 Å². The van der Waals surface area contributed by atoms with Crippen molar-refractivity contribution in [1.29, 1.82) is 0 Å². The first-order valence-electron chi connectivity index (χ1n) is 5.86. The largest absolute Gasteiger partial charge is 0.344 e. The summed E-state index contributed by atoms with van der Waals surface area (Å²) in [5, 5.41) is 2.84. The average molecular weight is 272 g/mol. The summed E-state index contributed by atoms with van der Waals surface area (Å²) in [7, 11) is 0. The molecule has 3 rings (SSSR count). The standard InChI is InChI=1S/C13H12N4OS/c1-8-12(19-7-15-8)13(18)14-6-11-16-9-4-2-3-5-10(9)17-11/h2-5,7H,6H2,1H3,(H,14,18)(H,16,17). The van der Waals surface area contributed by atoms with Crippen LogP contribution in [0, 0.1) is 6.92 Å². The van der Waals surface area contributed by atoms with Gasteiger partial charge in [0.15, 0.2) is 0 Å². The summed E-state index contributed by atoms with van der Waals surface area (Å²) in [4.78, 5) is 24.2. The van der Waals surface area contributed by atoms with E-state index in [4.69, 9.17) is 0 Å². The molecule has 0 atom stereocenters. The molecule has 0 radical (unpaired) electrons. The maximum Gasteiger partial charge on any atom is 0.263 e. The highest BCUT2D eigenvalue weighted by Crippen LogP contribution is 2.13. The number of carbonyl (C=O) groups excluding carboxylic acids is 1. The fourth-order valence-corrected chi connectivity index (χ4v) is 2.57. The summed E-state index contributed by atoms with van der Waals surface area (Å²) in [5.74, 6) is 0.636. The van der Waals surface area contributed by atoms with E-state index in [0.29, 0.717) is 11.4 Å². The molecular weight excluding hydrogens is 260 g/mol. The van der Waals surface area contributed by atoms with E-state index < -0.39 is 0 Å². The molecule has 3 aromatic rings. The fourth-order valence-electron chi connectivity index (χ4n) is 1.85. The van der Waals surface area contributed by atoms with Crippen molar-refractivity contribution in [2.24, 2.45) is 0 Å². The van der Waals surface area contributed by atoms with Crippen LogP contribution in [-0.2, 0) is 6.54 Å². The Morgan fingerprint density at radius 1 is 1.42 bits per heavy atom. The Balaban J connectivity index is 1.72. The molecule has 0 saturated heterocycles. The number of carbonyl (C=O) groups is 1. The van der Waals surface area contributed by atoms with Crippen LogP contribution >= 0.6 is 11.3 Å². The van der Waals surface area contributed by atoms with E-state index in [0.717, 1.165) is 22.6 Å². The summed E-state index contributed by atoms with van der Waals surface area (Å²) in [6, 6.07) is 7.78. The Morgan fingerprint density at radius 3 is 3.00 bits per heavy atom. The van der Waals surface area contributed by atoms with Crippen molar-refractivity contribution in [2.45, 2.75) is 13.5 Å². The van der Waals surface area contributed by atoms with Crippen molar-refractivity contribution in [3.63, 3.8) is 0 Å². The van der Waals surface area contributed by atoms with Gasteiger partial charge in [-0.2, -0.15) is 0 Å². The first kappa shape index (κ1) is 11.9. The molecule has 2 N–H and O–H groups in total. The Kier molecular flexibility index (Phi) is 3.00. The van der Waals surface area contributed by atoms with Crippen molar-refractivity contribution in [1.82, 2.24) is 20.3 Å². The van der Waals surface area contributed by atoms with Crippen LogP contribution in [0.5, 0.6) is 0 Å². The molecule has 19 heavy (non-hydrogen) atoms. The van der Waals surface area contributed by atoms with Gasteiger partial charge in [0.2, 0.25) is 0 Å². The third kappa shape index (κ3) is 2.34. The van der Waals surface area contributed by atoms with Crippen LogP contribution in [0.25, 0.3) is 11.0 Å². The zero-order valence-electron chi connectivity index (χ0n) is 10.3. The zero-order chi connectivity index (χ0) is 13.2. The molecule has 0 saturated carbocycles. The van der Waals surface area contributed by atoms with E-state index in [-0.39, 0.29) is 5.91 Å². The van der Waals surface area contributed by atoms with Gasteiger partial charge in [-0.1, -0.05) is 12.1 Å². The molecule has 96 valence electrons. The number of amides is 1. The van der Waals surface area contributed by atoms with Crippen LogP contribution in [0.1, 0.15) is 21.2 Å². The summed E-state index contributed by atoms with van der Waals surface area (Å²) in [6.07, 6.45) is 0. The number of aryl methyl sites for hydroxylation is 1. The highest BCUT2D eigenvalue weighted by atomic mass is 32.1. The Hall–Kier alpha value is -2.21. The third-order valence-electron chi connectivity index (χ3n) is 2.81. The molecule has 0 spiro atoms. The average Bonchev–Trinajstić information content (AvgIpc) is 3.01. The fraction of sp³-hybridized carbons (Fsp3) is 0.154. The van der Waals surface area contributed by atoms with Gasteiger partial charge in [-0.15, -0.1) is 11.3 Å². The summed E-state index contributed by atoms with van der Waals surface area (Å²) in [5.41, 5.74) is 4.30. The van der Waals surface area contributed by atoms with Crippen molar-refractivity contribution in [3.05, 3.63) is 46.2 Å². The number of H-pyrrole nitrogens is 1. The topological polar surface area (TPSA) is 70.7 Å². The van der Waals surface area contributed by atoms with E-state index in [9.17, 15) is 4.79 Å². The maximum absolute atomic E-state index is 11.9. The van der Waals surface area contributed by atoms with Crippen LogP contribution in [0.15, 0.2) is 29.8 Å². The van der Waals surface area contributed by atoms with E-state index in [1.54, 1.807) is 5.51 Å². The van der Waals surface area contributed by atoms with Crippen molar-refractivity contribution in [3.8, 4) is 0 Å². The second-order valence-electron chi connectivity index (χ2n) is 4.15. The molecule has 1 aromatic carbocycles. The van der Waals surface area contributed by atoms with Crippen LogP contribution < -0.4 is 5.32 Å². The number of thiazole rings is 1. The van der Waals surface area contributed by atoms with E-state index in [2.05, 4.69) is 20.3 Å². The Bertz CT molecular complexity index is 698. The molecule has 1 amide bonds. The molecule has 0 fully saturated rings. The van der Waals surface area contributed by atoms with Gasteiger partial charge in [-0.05, 0) is 19.1 Å². The number of aromatic amines is 1. The van der Waals surface area contributed by atoms with Gasteiger partial charge in [-0.3, -0.25) is 4.79 Å². The monoisotopic (exact) mass is 272 g/mol. The highest BCUT2D eigenvalue weighted by Gasteiger charge is 2.11.